The van der Waals surface area contributed by atoms with E-state index in [0.717, 1.165) is 12.8 Å². The fourth-order valence-corrected chi connectivity index (χ4v) is 2.62. The summed E-state index contributed by atoms with van der Waals surface area (Å²) < 4.78 is 4.73. The molecule has 5 heteroatoms. The number of hydrogen-bond donors (Lipinski definition) is 1. The maximum Gasteiger partial charge on any atom is 0.344 e. The van der Waals surface area contributed by atoms with Crippen molar-refractivity contribution >= 4 is 23.5 Å². The number of unbranched alkanes of at least 4 members (excludes halogenated alkanes) is 10. The van der Waals surface area contributed by atoms with Crippen LogP contribution in [0.5, 0.6) is 0 Å². The fourth-order valence-electron chi connectivity index (χ4n) is 2.44. The summed E-state index contributed by atoms with van der Waals surface area (Å²) in [5, 5.41) is 2.45. The summed E-state index contributed by atoms with van der Waals surface area (Å²) >= 11 is 5.74. The third-order valence-electron chi connectivity index (χ3n) is 3.79. The van der Waals surface area contributed by atoms with E-state index in [9.17, 15) is 9.59 Å². The van der Waals surface area contributed by atoms with Gasteiger partial charge in [-0.15, -0.1) is 0 Å². The Hall–Kier alpha value is -0.770. The number of amides is 1. The van der Waals surface area contributed by atoms with Gasteiger partial charge in [-0.1, -0.05) is 82.7 Å². The van der Waals surface area contributed by atoms with E-state index < -0.39 is 11.5 Å². The van der Waals surface area contributed by atoms with Crippen LogP contribution in [0.4, 0.5) is 0 Å². The Balaban J connectivity index is 3.37. The van der Waals surface area contributed by atoms with Crippen molar-refractivity contribution in [1.82, 2.24) is 5.32 Å². The summed E-state index contributed by atoms with van der Waals surface area (Å²) in [5.74, 6) is -0.782. The highest BCUT2D eigenvalue weighted by Crippen LogP contribution is 2.12. The summed E-state index contributed by atoms with van der Waals surface area (Å²) in [7, 11) is 0. The average molecular weight is 348 g/mol. The third-order valence-corrected chi connectivity index (χ3v) is 4.08. The highest BCUT2D eigenvalue weighted by Gasteiger charge is 2.18. The van der Waals surface area contributed by atoms with E-state index in [4.69, 9.17) is 16.3 Å². The molecule has 1 N–H and O–H groups in total. The lowest BCUT2D eigenvalue weighted by Crippen LogP contribution is -2.37. The Morgan fingerprint density at radius 1 is 0.870 bits per heavy atom. The Morgan fingerprint density at radius 2 is 1.35 bits per heavy atom. The maximum atomic E-state index is 11.6. The number of halogens is 1. The highest BCUT2D eigenvalue weighted by atomic mass is 35.5. The second-order valence-corrected chi connectivity index (χ2v) is 6.40. The summed E-state index contributed by atoms with van der Waals surface area (Å²) in [6, 6.07) is 0. The number of rotatable bonds is 15. The van der Waals surface area contributed by atoms with Crippen molar-refractivity contribution in [2.75, 3.05) is 6.61 Å². The molecule has 0 aromatic rings. The molecule has 0 fully saturated rings. The van der Waals surface area contributed by atoms with Crippen LogP contribution in [0.25, 0.3) is 0 Å². The Kier molecular flexibility index (Phi) is 15.6. The summed E-state index contributed by atoms with van der Waals surface area (Å²) in [6.45, 7) is 4.20. The SMILES string of the molecule is CCCCCCCCCCCCCC(=O)N[C@H](Cl)C(=O)OCC. The maximum absolute atomic E-state index is 11.6. The van der Waals surface area contributed by atoms with Crippen LogP contribution in [0.1, 0.15) is 90.9 Å². The van der Waals surface area contributed by atoms with Gasteiger partial charge in [-0.25, -0.2) is 4.79 Å². The fraction of sp³-hybridized carbons (Fsp3) is 0.889. The molecule has 0 radical (unpaired) electrons. The lowest BCUT2D eigenvalue weighted by atomic mass is 10.1. The van der Waals surface area contributed by atoms with Gasteiger partial charge in [0, 0.05) is 6.42 Å². The first kappa shape index (κ1) is 22.2. The van der Waals surface area contributed by atoms with Gasteiger partial charge in [0.05, 0.1) is 6.61 Å². The predicted molar refractivity (Wildman–Crippen MR) is 95.5 cm³/mol. The molecule has 0 heterocycles. The molecule has 0 saturated carbocycles. The van der Waals surface area contributed by atoms with Gasteiger partial charge >= 0.3 is 5.97 Å². The van der Waals surface area contributed by atoms with Crippen molar-refractivity contribution in [3.05, 3.63) is 0 Å². The van der Waals surface area contributed by atoms with E-state index in [1.54, 1.807) is 6.92 Å². The van der Waals surface area contributed by atoms with Crippen LogP contribution in [-0.4, -0.2) is 24.0 Å². The zero-order valence-electron chi connectivity index (χ0n) is 14.9. The monoisotopic (exact) mass is 347 g/mol. The third kappa shape index (κ3) is 14.5. The van der Waals surface area contributed by atoms with Crippen molar-refractivity contribution in [3.8, 4) is 0 Å². The van der Waals surface area contributed by atoms with Crippen molar-refractivity contribution in [2.45, 2.75) is 96.4 Å². The van der Waals surface area contributed by atoms with Crippen LogP contribution in [0.2, 0.25) is 0 Å². The molecule has 0 aliphatic rings. The number of ether oxygens (including phenoxy) is 1. The summed E-state index contributed by atoms with van der Waals surface area (Å²) in [4.78, 5) is 22.9. The molecule has 0 aromatic heterocycles. The van der Waals surface area contributed by atoms with Gasteiger partial charge in [-0.05, 0) is 13.3 Å². The van der Waals surface area contributed by atoms with E-state index in [0.29, 0.717) is 6.42 Å². The number of esters is 1. The average Bonchev–Trinajstić information content (AvgIpc) is 2.52. The molecular weight excluding hydrogens is 314 g/mol. The summed E-state index contributed by atoms with van der Waals surface area (Å²) in [6.07, 6.45) is 14.1. The van der Waals surface area contributed by atoms with Gasteiger partial charge in [0.15, 0.2) is 0 Å². The molecular formula is C18H34ClNO3. The van der Waals surface area contributed by atoms with Crippen LogP contribution < -0.4 is 5.32 Å². The van der Waals surface area contributed by atoms with Crippen LogP contribution in [0.3, 0.4) is 0 Å². The lowest BCUT2D eigenvalue weighted by Gasteiger charge is -2.10. The molecule has 1 atom stereocenters. The molecule has 0 aromatic carbocycles. The standard InChI is InChI=1S/C18H34ClNO3/c1-3-5-6-7-8-9-10-11-12-13-14-15-16(21)20-17(19)18(22)23-4-2/h17H,3-15H2,1-2H3,(H,20,21)/t17-/m0/s1. The van der Waals surface area contributed by atoms with Gasteiger partial charge in [0.1, 0.15) is 0 Å². The first-order valence-corrected chi connectivity index (χ1v) is 9.65. The molecule has 0 bridgehead atoms. The molecule has 0 spiro atoms. The van der Waals surface area contributed by atoms with Crippen LogP contribution >= 0.6 is 11.6 Å². The lowest BCUT2D eigenvalue weighted by molar-refractivity contribution is -0.144. The molecule has 1 amide bonds. The first-order chi connectivity index (χ1) is 11.1. The highest BCUT2D eigenvalue weighted by molar-refractivity contribution is 6.30. The van der Waals surface area contributed by atoms with Crippen molar-refractivity contribution in [1.29, 1.82) is 0 Å². The zero-order valence-corrected chi connectivity index (χ0v) is 15.6. The van der Waals surface area contributed by atoms with E-state index in [1.807, 2.05) is 0 Å². The molecule has 23 heavy (non-hydrogen) atoms. The smallest absolute Gasteiger partial charge is 0.344 e. The van der Waals surface area contributed by atoms with Gasteiger partial charge < -0.3 is 10.1 Å². The molecule has 0 saturated heterocycles. The number of nitrogens with one attached hydrogen (secondary N) is 1. The van der Waals surface area contributed by atoms with Gasteiger partial charge in [0.25, 0.3) is 0 Å². The molecule has 0 rings (SSSR count). The Labute approximate surface area is 146 Å². The molecule has 0 aliphatic carbocycles. The van der Waals surface area contributed by atoms with Crippen LogP contribution in [0, 0.1) is 0 Å². The minimum atomic E-state index is -1.07. The van der Waals surface area contributed by atoms with E-state index in [-0.39, 0.29) is 12.5 Å². The molecule has 0 aliphatic heterocycles. The summed E-state index contributed by atoms with van der Waals surface area (Å²) in [5.41, 5.74) is -1.07. The van der Waals surface area contributed by atoms with E-state index >= 15 is 0 Å². The van der Waals surface area contributed by atoms with Crippen molar-refractivity contribution in [3.63, 3.8) is 0 Å². The van der Waals surface area contributed by atoms with Gasteiger partial charge in [-0.3, -0.25) is 4.79 Å². The van der Waals surface area contributed by atoms with Crippen LogP contribution in [0.15, 0.2) is 0 Å². The topological polar surface area (TPSA) is 55.4 Å². The predicted octanol–water partition coefficient (Wildman–Crippen LogP) is 4.93. The van der Waals surface area contributed by atoms with E-state index in [1.165, 1.54) is 57.8 Å². The van der Waals surface area contributed by atoms with Gasteiger partial charge in [0.2, 0.25) is 11.4 Å². The molecule has 0 unspecified atom stereocenters. The first-order valence-electron chi connectivity index (χ1n) is 9.21. The second-order valence-electron chi connectivity index (χ2n) is 5.97. The number of carbonyl (C=O) groups is 2. The number of hydrogen-bond acceptors (Lipinski definition) is 3. The minimum Gasteiger partial charge on any atom is -0.464 e. The quantitative estimate of drug-likeness (QED) is 0.198. The number of carbonyl (C=O) groups excluding carboxylic acids is 2. The van der Waals surface area contributed by atoms with E-state index in [2.05, 4.69) is 12.2 Å². The minimum absolute atomic E-state index is 0.186. The molecule has 136 valence electrons. The van der Waals surface area contributed by atoms with Crippen molar-refractivity contribution in [2.24, 2.45) is 0 Å². The van der Waals surface area contributed by atoms with Gasteiger partial charge in [-0.2, -0.15) is 0 Å². The Bertz CT molecular complexity index is 311. The van der Waals surface area contributed by atoms with Crippen molar-refractivity contribution < 1.29 is 14.3 Å². The Morgan fingerprint density at radius 3 is 1.83 bits per heavy atom. The molecule has 4 nitrogen and oxygen atoms in total. The number of alkyl halides is 1. The second kappa shape index (κ2) is 16.1. The normalized spacial score (nSPS) is 12.0. The van der Waals surface area contributed by atoms with Crippen LogP contribution in [-0.2, 0) is 14.3 Å². The largest absolute Gasteiger partial charge is 0.464 e. The zero-order chi connectivity index (χ0) is 17.3.